The minimum Gasteiger partial charge on any atom is -0.507 e. The van der Waals surface area contributed by atoms with Gasteiger partial charge in [-0.25, -0.2) is 4.39 Å². The van der Waals surface area contributed by atoms with Gasteiger partial charge in [0.25, 0.3) is 5.91 Å². The van der Waals surface area contributed by atoms with Crippen molar-refractivity contribution in [3.63, 3.8) is 0 Å². The number of nitrogens with one attached hydrogen (secondary N) is 1. The Balaban J connectivity index is 2.17. The summed E-state index contributed by atoms with van der Waals surface area (Å²) in [5, 5.41) is 12.3. The van der Waals surface area contributed by atoms with E-state index < -0.39 is 17.5 Å². The van der Waals surface area contributed by atoms with Gasteiger partial charge in [-0.2, -0.15) is 0 Å². The van der Waals surface area contributed by atoms with Crippen LogP contribution in [0.15, 0.2) is 42.5 Å². The third-order valence-corrected chi connectivity index (χ3v) is 3.01. The molecule has 0 heterocycles. The van der Waals surface area contributed by atoms with E-state index in [4.69, 9.17) is 5.73 Å². The second-order valence-corrected chi connectivity index (χ2v) is 4.49. The molecule has 104 valence electrons. The van der Waals surface area contributed by atoms with E-state index in [0.29, 0.717) is 5.69 Å². The van der Waals surface area contributed by atoms with E-state index in [9.17, 15) is 14.3 Å². The summed E-state index contributed by atoms with van der Waals surface area (Å²) >= 11 is 0. The molecule has 1 atom stereocenters. The van der Waals surface area contributed by atoms with Gasteiger partial charge in [-0.1, -0.05) is 18.2 Å². The van der Waals surface area contributed by atoms with Gasteiger partial charge in [0.15, 0.2) is 0 Å². The maximum Gasteiger partial charge on any atom is 0.255 e. The van der Waals surface area contributed by atoms with E-state index in [-0.39, 0.29) is 11.6 Å². The molecule has 2 rings (SSSR count). The maximum absolute atomic E-state index is 12.9. The summed E-state index contributed by atoms with van der Waals surface area (Å²) in [7, 11) is 0. The summed E-state index contributed by atoms with van der Waals surface area (Å²) in [5.41, 5.74) is 7.21. The van der Waals surface area contributed by atoms with Crippen LogP contribution in [0.1, 0.15) is 28.9 Å². The van der Waals surface area contributed by atoms with Gasteiger partial charge in [0.05, 0.1) is 11.6 Å². The van der Waals surface area contributed by atoms with Gasteiger partial charge in [-0.15, -0.1) is 0 Å². The van der Waals surface area contributed by atoms with Gasteiger partial charge in [0.2, 0.25) is 0 Å². The molecule has 2 aromatic carbocycles. The van der Waals surface area contributed by atoms with E-state index in [1.807, 2.05) is 12.1 Å². The Hall–Kier alpha value is -2.56. The molecule has 0 saturated heterocycles. The van der Waals surface area contributed by atoms with Crippen LogP contribution in [0.2, 0.25) is 0 Å². The quantitative estimate of drug-likeness (QED) is 0.753. The number of halogens is 1. The van der Waals surface area contributed by atoms with Crippen LogP contribution < -0.4 is 11.1 Å². The topological polar surface area (TPSA) is 75.3 Å². The number of aromatic hydroxyl groups is 1. The van der Waals surface area contributed by atoms with E-state index in [0.717, 1.165) is 17.7 Å². The van der Waals surface area contributed by atoms with Crippen LogP contribution in [0.5, 0.6) is 5.75 Å². The van der Waals surface area contributed by atoms with Crippen LogP contribution in [-0.4, -0.2) is 11.0 Å². The van der Waals surface area contributed by atoms with Gasteiger partial charge in [-0.05, 0) is 30.7 Å². The molecular weight excluding hydrogens is 259 g/mol. The van der Waals surface area contributed by atoms with Crippen LogP contribution in [0.25, 0.3) is 0 Å². The van der Waals surface area contributed by atoms with Crippen molar-refractivity contribution in [3.05, 3.63) is 59.4 Å². The Kier molecular flexibility index (Phi) is 3.89. The first-order valence-corrected chi connectivity index (χ1v) is 6.13. The van der Waals surface area contributed by atoms with Crippen LogP contribution in [0, 0.1) is 5.82 Å². The molecule has 0 radical (unpaired) electrons. The van der Waals surface area contributed by atoms with Crippen LogP contribution in [0.4, 0.5) is 10.1 Å². The number of nitrogens with two attached hydrogens (primary N) is 1. The minimum absolute atomic E-state index is 0.0211. The summed E-state index contributed by atoms with van der Waals surface area (Å²) in [6.45, 7) is 1.78. The predicted octanol–water partition coefficient (Wildman–Crippen LogP) is 2.60. The third-order valence-electron chi connectivity index (χ3n) is 3.01. The van der Waals surface area contributed by atoms with Crippen molar-refractivity contribution in [1.82, 2.24) is 5.32 Å². The normalized spacial score (nSPS) is 11.9. The number of hydrogen-bond acceptors (Lipinski definition) is 3. The summed E-state index contributed by atoms with van der Waals surface area (Å²) in [4.78, 5) is 12.0. The number of carbonyl (C=O) groups is 1. The van der Waals surface area contributed by atoms with Crippen molar-refractivity contribution in [1.29, 1.82) is 0 Å². The van der Waals surface area contributed by atoms with Crippen LogP contribution in [0.3, 0.4) is 0 Å². The van der Waals surface area contributed by atoms with Crippen molar-refractivity contribution in [2.24, 2.45) is 0 Å². The highest BCUT2D eigenvalue weighted by Crippen LogP contribution is 2.22. The fourth-order valence-corrected chi connectivity index (χ4v) is 1.95. The summed E-state index contributed by atoms with van der Waals surface area (Å²) < 4.78 is 12.9. The molecule has 20 heavy (non-hydrogen) atoms. The Morgan fingerprint density at radius 1 is 1.30 bits per heavy atom. The van der Waals surface area contributed by atoms with E-state index >= 15 is 0 Å². The molecule has 1 unspecified atom stereocenters. The molecule has 0 aliphatic heterocycles. The summed E-state index contributed by atoms with van der Waals surface area (Å²) in [6.07, 6.45) is 0. The Morgan fingerprint density at radius 2 is 2.00 bits per heavy atom. The summed E-state index contributed by atoms with van der Waals surface area (Å²) in [5.74, 6) is -1.48. The molecule has 5 heteroatoms. The monoisotopic (exact) mass is 274 g/mol. The molecule has 0 saturated carbocycles. The van der Waals surface area contributed by atoms with E-state index in [2.05, 4.69) is 5.32 Å². The van der Waals surface area contributed by atoms with Crippen molar-refractivity contribution < 1.29 is 14.3 Å². The third kappa shape index (κ3) is 2.88. The van der Waals surface area contributed by atoms with Gasteiger partial charge in [0, 0.05) is 11.8 Å². The molecular formula is C15H15FN2O2. The number of nitrogen functional groups attached to an aromatic ring is 1. The fraction of sp³-hybridized carbons (Fsp3) is 0.133. The van der Waals surface area contributed by atoms with E-state index in [1.165, 1.54) is 6.07 Å². The molecule has 2 aromatic rings. The highest BCUT2D eigenvalue weighted by atomic mass is 19.1. The van der Waals surface area contributed by atoms with E-state index in [1.54, 1.807) is 19.1 Å². The minimum atomic E-state index is -0.598. The van der Waals surface area contributed by atoms with Crippen molar-refractivity contribution >= 4 is 11.6 Å². The molecule has 4 nitrogen and oxygen atoms in total. The van der Waals surface area contributed by atoms with Gasteiger partial charge in [-0.3, -0.25) is 4.79 Å². The first kappa shape index (κ1) is 13.9. The lowest BCUT2D eigenvalue weighted by Gasteiger charge is -2.16. The fourth-order valence-electron chi connectivity index (χ4n) is 1.95. The second kappa shape index (κ2) is 5.61. The molecule has 0 bridgehead atoms. The molecule has 0 aromatic heterocycles. The zero-order valence-electron chi connectivity index (χ0n) is 10.9. The largest absolute Gasteiger partial charge is 0.507 e. The van der Waals surface area contributed by atoms with Crippen LogP contribution >= 0.6 is 0 Å². The lowest BCUT2D eigenvalue weighted by atomic mass is 10.1. The van der Waals surface area contributed by atoms with Crippen molar-refractivity contribution in [3.8, 4) is 5.75 Å². The lowest BCUT2D eigenvalue weighted by Crippen LogP contribution is -2.27. The number of phenolic OH excluding ortho intramolecular Hbond substituents is 1. The molecule has 0 aliphatic carbocycles. The van der Waals surface area contributed by atoms with Crippen molar-refractivity contribution in [2.45, 2.75) is 13.0 Å². The smallest absolute Gasteiger partial charge is 0.255 e. The molecule has 0 aliphatic rings. The molecule has 4 N–H and O–H groups in total. The molecule has 0 fully saturated rings. The number of carbonyl (C=O) groups excluding carboxylic acids is 1. The average molecular weight is 274 g/mol. The lowest BCUT2D eigenvalue weighted by molar-refractivity contribution is 0.0937. The Bertz CT molecular complexity index is 644. The number of anilines is 1. The van der Waals surface area contributed by atoms with Crippen molar-refractivity contribution in [2.75, 3.05) is 5.73 Å². The number of amides is 1. The Labute approximate surface area is 116 Å². The number of rotatable bonds is 3. The maximum atomic E-state index is 12.9. The van der Waals surface area contributed by atoms with Gasteiger partial charge in [0.1, 0.15) is 11.6 Å². The predicted molar refractivity (Wildman–Crippen MR) is 74.8 cm³/mol. The van der Waals surface area contributed by atoms with Gasteiger partial charge >= 0.3 is 0 Å². The summed E-state index contributed by atoms with van der Waals surface area (Å²) in [6, 6.07) is 10.1. The number of benzene rings is 2. The highest BCUT2D eigenvalue weighted by Gasteiger charge is 2.16. The first-order valence-electron chi connectivity index (χ1n) is 6.13. The number of phenols is 1. The molecule has 0 spiro atoms. The van der Waals surface area contributed by atoms with Gasteiger partial charge < -0.3 is 16.2 Å². The molecule has 1 amide bonds. The zero-order valence-corrected chi connectivity index (χ0v) is 10.9. The standard InChI is InChI=1S/C15H15FN2O2/c1-9(11-4-2-3-5-13(11)17)18-15(20)12-7-6-10(16)8-14(12)19/h2-9,19H,17H2,1H3,(H,18,20). The second-order valence-electron chi connectivity index (χ2n) is 4.49. The number of hydrogen-bond donors (Lipinski definition) is 3. The van der Waals surface area contributed by atoms with Crippen LogP contribution in [-0.2, 0) is 0 Å². The first-order chi connectivity index (χ1) is 9.49. The zero-order chi connectivity index (χ0) is 14.7. The average Bonchev–Trinajstić information content (AvgIpc) is 2.38. The SMILES string of the molecule is CC(NC(=O)c1ccc(F)cc1O)c1ccccc1N. The highest BCUT2D eigenvalue weighted by molar-refractivity contribution is 5.97. The Morgan fingerprint density at radius 3 is 2.65 bits per heavy atom. The number of para-hydroxylation sites is 1.